The first kappa shape index (κ1) is 13.7. The Morgan fingerprint density at radius 2 is 1.47 bits per heavy atom. The molecular formula is C11H4ClF5N2. The maximum absolute atomic E-state index is 13.0. The number of nitrogens with zero attached hydrogens (tertiary/aromatic N) is 2. The fourth-order valence-electron chi connectivity index (χ4n) is 1.41. The van der Waals surface area contributed by atoms with Crippen molar-refractivity contribution in [1.82, 2.24) is 9.97 Å². The summed E-state index contributed by atoms with van der Waals surface area (Å²) in [5, 5.41) is -0.658. The van der Waals surface area contributed by atoms with Crippen molar-refractivity contribution in [3.63, 3.8) is 0 Å². The van der Waals surface area contributed by atoms with Gasteiger partial charge < -0.3 is 0 Å². The smallest absolute Gasteiger partial charge is 0.218 e. The quantitative estimate of drug-likeness (QED) is 0.585. The van der Waals surface area contributed by atoms with Crippen molar-refractivity contribution >= 4 is 11.6 Å². The van der Waals surface area contributed by atoms with E-state index in [1.165, 1.54) is 0 Å². The maximum Gasteiger partial charge on any atom is 0.433 e. The molecule has 1 aromatic carbocycles. The second kappa shape index (κ2) is 4.73. The lowest BCUT2D eigenvalue weighted by molar-refractivity contribution is -0.141. The first-order chi connectivity index (χ1) is 8.75. The molecule has 2 aromatic rings. The van der Waals surface area contributed by atoms with Crippen LogP contribution in [0.5, 0.6) is 0 Å². The molecule has 19 heavy (non-hydrogen) atoms. The summed E-state index contributed by atoms with van der Waals surface area (Å²) in [5.41, 5.74) is -1.76. The molecule has 0 fully saturated rings. The highest BCUT2D eigenvalue weighted by Gasteiger charge is 2.33. The van der Waals surface area contributed by atoms with E-state index < -0.39 is 28.8 Å². The van der Waals surface area contributed by atoms with Crippen molar-refractivity contribution < 1.29 is 22.0 Å². The van der Waals surface area contributed by atoms with Crippen LogP contribution < -0.4 is 0 Å². The molecule has 0 radical (unpaired) electrons. The summed E-state index contributed by atoms with van der Waals surface area (Å²) >= 11 is 5.38. The number of hydrogen-bond acceptors (Lipinski definition) is 2. The number of benzene rings is 1. The average Bonchev–Trinajstić information content (AvgIpc) is 2.25. The topological polar surface area (TPSA) is 25.8 Å². The summed E-state index contributed by atoms with van der Waals surface area (Å²) in [6.07, 6.45) is -4.73. The highest BCUT2D eigenvalue weighted by Crippen LogP contribution is 2.31. The summed E-state index contributed by atoms with van der Waals surface area (Å²) in [4.78, 5) is 6.54. The van der Waals surface area contributed by atoms with E-state index in [9.17, 15) is 22.0 Å². The molecule has 0 N–H and O–H groups in total. The van der Waals surface area contributed by atoms with Gasteiger partial charge in [0.25, 0.3) is 0 Å². The predicted octanol–water partition coefficient (Wildman–Crippen LogP) is 4.09. The van der Waals surface area contributed by atoms with Gasteiger partial charge in [0.2, 0.25) is 5.28 Å². The average molecular weight is 295 g/mol. The van der Waals surface area contributed by atoms with Crippen LogP contribution in [0, 0.1) is 11.6 Å². The zero-order valence-corrected chi connectivity index (χ0v) is 9.73. The number of alkyl halides is 3. The van der Waals surface area contributed by atoms with Gasteiger partial charge in [0.1, 0.15) is 17.3 Å². The standard InChI is InChI=1S/C11H4ClF5N2/c12-10-18-8(4-9(19-10)11(15,16)17)5-1-6(13)3-7(14)2-5/h1-4H. The Balaban J connectivity index is 2.59. The second-order valence-electron chi connectivity index (χ2n) is 3.56. The van der Waals surface area contributed by atoms with Gasteiger partial charge in [-0.05, 0) is 29.8 Å². The molecule has 0 aliphatic heterocycles. The van der Waals surface area contributed by atoms with Crippen molar-refractivity contribution in [2.75, 3.05) is 0 Å². The Morgan fingerprint density at radius 3 is 2.00 bits per heavy atom. The normalized spacial score (nSPS) is 11.7. The van der Waals surface area contributed by atoms with Crippen molar-refractivity contribution in [2.45, 2.75) is 6.18 Å². The van der Waals surface area contributed by atoms with Gasteiger partial charge in [0.05, 0.1) is 5.69 Å². The number of hydrogen-bond donors (Lipinski definition) is 0. The highest BCUT2D eigenvalue weighted by atomic mass is 35.5. The minimum absolute atomic E-state index is 0.160. The summed E-state index contributed by atoms with van der Waals surface area (Å²) < 4.78 is 63.6. The first-order valence-electron chi connectivity index (χ1n) is 4.84. The molecule has 2 nitrogen and oxygen atoms in total. The zero-order valence-electron chi connectivity index (χ0n) is 8.97. The molecule has 8 heteroatoms. The number of halogens is 6. The van der Waals surface area contributed by atoms with Crippen LogP contribution in [-0.2, 0) is 6.18 Å². The lowest BCUT2D eigenvalue weighted by Gasteiger charge is -2.08. The van der Waals surface area contributed by atoms with Crippen LogP contribution in [0.4, 0.5) is 22.0 Å². The van der Waals surface area contributed by atoms with Crippen molar-refractivity contribution in [1.29, 1.82) is 0 Å². The molecule has 0 bridgehead atoms. The fourth-order valence-corrected chi connectivity index (χ4v) is 1.59. The van der Waals surface area contributed by atoms with Gasteiger partial charge in [-0.3, -0.25) is 0 Å². The molecule has 2 rings (SSSR count). The fraction of sp³-hybridized carbons (Fsp3) is 0.0909. The molecule has 0 amide bonds. The third kappa shape index (κ3) is 3.17. The van der Waals surface area contributed by atoms with Gasteiger partial charge >= 0.3 is 6.18 Å². The molecule has 1 aromatic heterocycles. The van der Waals surface area contributed by atoms with Crippen LogP contribution in [0.2, 0.25) is 5.28 Å². The van der Waals surface area contributed by atoms with Gasteiger partial charge in [-0.2, -0.15) is 13.2 Å². The van der Waals surface area contributed by atoms with Crippen LogP contribution in [0.15, 0.2) is 24.3 Å². The summed E-state index contributed by atoms with van der Waals surface area (Å²) in [5.74, 6) is -1.86. The summed E-state index contributed by atoms with van der Waals surface area (Å²) in [6, 6.07) is 2.86. The Kier molecular flexibility index (Phi) is 3.40. The van der Waals surface area contributed by atoms with Gasteiger partial charge in [-0.25, -0.2) is 18.7 Å². The van der Waals surface area contributed by atoms with Gasteiger partial charge in [0, 0.05) is 11.6 Å². The van der Waals surface area contributed by atoms with E-state index in [0.29, 0.717) is 12.1 Å². The van der Waals surface area contributed by atoms with Crippen LogP contribution in [0.25, 0.3) is 11.3 Å². The second-order valence-corrected chi connectivity index (χ2v) is 3.90. The van der Waals surface area contributed by atoms with Crippen LogP contribution in [0.1, 0.15) is 5.69 Å². The lowest BCUT2D eigenvalue weighted by Crippen LogP contribution is -2.09. The third-order valence-corrected chi connectivity index (χ3v) is 2.32. The molecule has 1 heterocycles. The van der Waals surface area contributed by atoms with Gasteiger partial charge in [-0.15, -0.1) is 0 Å². The maximum atomic E-state index is 13.0. The van der Waals surface area contributed by atoms with Crippen molar-refractivity contribution in [2.24, 2.45) is 0 Å². The molecule has 0 saturated heterocycles. The Hall–Kier alpha value is -1.76. The van der Waals surface area contributed by atoms with E-state index in [4.69, 9.17) is 11.6 Å². The third-order valence-electron chi connectivity index (χ3n) is 2.15. The van der Waals surface area contributed by atoms with Crippen LogP contribution in [-0.4, -0.2) is 9.97 Å². The van der Waals surface area contributed by atoms with E-state index in [1.54, 1.807) is 0 Å². The van der Waals surface area contributed by atoms with E-state index in [1.807, 2.05) is 0 Å². The van der Waals surface area contributed by atoms with Crippen molar-refractivity contribution in [3.8, 4) is 11.3 Å². The zero-order chi connectivity index (χ0) is 14.2. The highest BCUT2D eigenvalue weighted by molar-refractivity contribution is 6.28. The minimum Gasteiger partial charge on any atom is -0.218 e. The minimum atomic E-state index is -4.73. The number of aromatic nitrogens is 2. The molecular weight excluding hydrogens is 291 g/mol. The molecule has 0 aliphatic rings. The summed E-state index contributed by atoms with van der Waals surface area (Å²) in [6.45, 7) is 0. The monoisotopic (exact) mass is 294 g/mol. The van der Waals surface area contributed by atoms with E-state index in [2.05, 4.69) is 9.97 Å². The number of rotatable bonds is 1. The molecule has 100 valence electrons. The molecule has 0 saturated carbocycles. The van der Waals surface area contributed by atoms with Gasteiger partial charge in [-0.1, -0.05) is 0 Å². The molecule has 0 atom stereocenters. The molecule has 0 unspecified atom stereocenters. The summed E-state index contributed by atoms with van der Waals surface area (Å²) in [7, 11) is 0. The Morgan fingerprint density at radius 1 is 0.895 bits per heavy atom. The van der Waals surface area contributed by atoms with E-state index in [0.717, 1.165) is 12.1 Å². The van der Waals surface area contributed by atoms with Crippen LogP contribution in [0.3, 0.4) is 0 Å². The Bertz CT molecular complexity index is 607. The Labute approximate surface area is 108 Å². The van der Waals surface area contributed by atoms with E-state index >= 15 is 0 Å². The first-order valence-corrected chi connectivity index (χ1v) is 5.22. The SMILES string of the molecule is Fc1cc(F)cc(-c2cc(C(F)(F)F)nc(Cl)n2)c1. The van der Waals surface area contributed by atoms with Gasteiger partial charge in [0.15, 0.2) is 0 Å². The molecule has 0 spiro atoms. The van der Waals surface area contributed by atoms with E-state index in [-0.39, 0.29) is 11.3 Å². The van der Waals surface area contributed by atoms with Crippen LogP contribution >= 0.6 is 11.6 Å². The largest absolute Gasteiger partial charge is 0.433 e. The molecule has 0 aliphatic carbocycles. The predicted molar refractivity (Wildman–Crippen MR) is 57.4 cm³/mol. The lowest BCUT2D eigenvalue weighted by atomic mass is 10.1. The van der Waals surface area contributed by atoms with Crippen molar-refractivity contribution in [3.05, 3.63) is 46.9 Å².